The minimum Gasteiger partial charge on any atom is -0.508 e. The lowest BCUT2D eigenvalue weighted by Crippen LogP contribution is -2.01. The smallest absolute Gasteiger partial charge is 0.508 e. The molecule has 4 aromatic rings. The molecule has 0 saturated carbocycles. The van der Waals surface area contributed by atoms with Gasteiger partial charge in [-0.3, -0.25) is 0 Å². The van der Waals surface area contributed by atoms with Crippen LogP contribution in [0.1, 0.15) is 106 Å². The van der Waals surface area contributed by atoms with E-state index in [1.54, 1.807) is 12.1 Å². The molecule has 0 amide bonds. The predicted octanol–water partition coefficient (Wildman–Crippen LogP) is 10.2. The molecule has 2 N–H and O–H groups in total. The molecule has 0 heterocycles. The highest BCUT2D eigenvalue weighted by atomic mass is 31.1. The van der Waals surface area contributed by atoms with E-state index in [-0.39, 0.29) is 25.0 Å². The molecule has 232 valence electrons. The molecule has 6 heteroatoms. The second kappa shape index (κ2) is 14.5. The minimum atomic E-state index is -2.28. The highest BCUT2D eigenvalue weighted by Gasteiger charge is 2.22. The van der Waals surface area contributed by atoms with Crippen LogP contribution >= 0.6 is 8.25 Å². The highest BCUT2D eigenvalue weighted by molar-refractivity contribution is 7.33. The molecule has 4 aromatic carbocycles. The van der Waals surface area contributed by atoms with Crippen LogP contribution in [-0.4, -0.2) is 10.2 Å². The van der Waals surface area contributed by atoms with E-state index in [9.17, 15) is 14.8 Å². The molecular weight excluding hydrogens is 567 g/mol. The van der Waals surface area contributed by atoms with Crippen LogP contribution in [0.3, 0.4) is 0 Å². The number of phenolic OH excluding ortho intramolecular Hbond substituents is 2. The van der Waals surface area contributed by atoms with Gasteiger partial charge in [-0.05, 0) is 131 Å². The zero-order valence-electron chi connectivity index (χ0n) is 27.3. The van der Waals surface area contributed by atoms with E-state index in [1.165, 1.54) is 11.1 Å². The van der Waals surface area contributed by atoms with Gasteiger partial charge in [0.05, 0.1) is 0 Å². The molecular formula is C38H46O5P+. The fourth-order valence-corrected chi connectivity index (χ4v) is 6.53. The van der Waals surface area contributed by atoms with Gasteiger partial charge >= 0.3 is 8.25 Å². The van der Waals surface area contributed by atoms with E-state index in [0.29, 0.717) is 11.5 Å². The van der Waals surface area contributed by atoms with Crippen molar-refractivity contribution in [1.82, 2.24) is 0 Å². The Morgan fingerprint density at radius 1 is 0.568 bits per heavy atom. The number of benzene rings is 4. The van der Waals surface area contributed by atoms with Crippen LogP contribution in [0, 0.1) is 27.7 Å². The zero-order valence-corrected chi connectivity index (χ0v) is 28.2. The van der Waals surface area contributed by atoms with Gasteiger partial charge in [-0.15, -0.1) is 9.05 Å². The van der Waals surface area contributed by atoms with Gasteiger partial charge in [0.1, 0.15) is 24.7 Å². The van der Waals surface area contributed by atoms with E-state index in [1.807, 2.05) is 12.1 Å². The third-order valence-electron chi connectivity index (χ3n) is 8.37. The van der Waals surface area contributed by atoms with Crippen molar-refractivity contribution in [2.75, 3.05) is 0 Å². The summed E-state index contributed by atoms with van der Waals surface area (Å²) in [5.74, 6) is 1.19. The van der Waals surface area contributed by atoms with Gasteiger partial charge in [-0.1, -0.05) is 76.2 Å². The standard InChI is InChI=1S/C38H45O5P/c1-23(2)33-17-29(9-11-37(33)39)19-35-25(5)13-31(14-26(35)6)21-42-44(41)43-22-32-15-27(7)36(28(8)16-32)20-30-10-12-38(40)34(18-30)24(3)4/h9-18,23-24H,19-22H2,1-8H3,(H-,39,40)/p+1. The van der Waals surface area contributed by atoms with Crippen LogP contribution < -0.4 is 0 Å². The number of phenols is 2. The first kappa shape index (κ1) is 33.4. The summed E-state index contributed by atoms with van der Waals surface area (Å²) in [7, 11) is -2.28. The second-order valence-corrected chi connectivity index (χ2v) is 13.6. The lowest BCUT2D eigenvalue weighted by atomic mass is 9.92. The average molecular weight is 614 g/mol. The van der Waals surface area contributed by atoms with Crippen LogP contribution in [0.2, 0.25) is 0 Å². The molecule has 0 bridgehead atoms. The van der Waals surface area contributed by atoms with E-state index in [4.69, 9.17) is 9.05 Å². The molecule has 4 rings (SSSR count). The van der Waals surface area contributed by atoms with Crippen molar-refractivity contribution in [3.05, 3.63) is 127 Å². The minimum absolute atomic E-state index is 0.204. The van der Waals surface area contributed by atoms with Gasteiger partial charge in [0.2, 0.25) is 0 Å². The van der Waals surface area contributed by atoms with Crippen molar-refractivity contribution >= 4 is 8.25 Å². The summed E-state index contributed by atoms with van der Waals surface area (Å²) in [6, 6.07) is 20.0. The normalized spacial score (nSPS) is 11.5. The van der Waals surface area contributed by atoms with Gasteiger partial charge in [-0.2, -0.15) is 0 Å². The van der Waals surface area contributed by atoms with E-state index < -0.39 is 8.25 Å². The average Bonchev–Trinajstić information content (AvgIpc) is 2.96. The van der Waals surface area contributed by atoms with Gasteiger partial charge in [0.15, 0.2) is 0 Å². The summed E-state index contributed by atoms with van der Waals surface area (Å²) < 4.78 is 23.9. The van der Waals surface area contributed by atoms with Crippen molar-refractivity contribution in [1.29, 1.82) is 0 Å². The molecule has 0 aliphatic carbocycles. The van der Waals surface area contributed by atoms with E-state index >= 15 is 0 Å². The largest absolute Gasteiger partial charge is 0.698 e. The first-order chi connectivity index (χ1) is 20.8. The topological polar surface area (TPSA) is 76.0 Å². The molecule has 0 aromatic heterocycles. The highest BCUT2D eigenvalue weighted by Crippen LogP contribution is 2.32. The fourth-order valence-electron chi connectivity index (χ4n) is 5.94. The van der Waals surface area contributed by atoms with Crippen molar-refractivity contribution < 1.29 is 23.8 Å². The quantitative estimate of drug-likeness (QED) is 0.156. The van der Waals surface area contributed by atoms with Crippen molar-refractivity contribution in [3.8, 4) is 11.5 Å². The van der Waals surface area contributed by atoms with Gasteiger partial charge < -0.3 is 10.2 Å². The molecule has 5 nitrogen and oxygen atoms in total. The predicted molar refractivity (Wildman–Crippen MR) is 179 cm³/mol. The maximum absolute atomic E-state index is 12.6. The fraction of sp³-hybridized carbons (Fsp3) is 0.368. The van der Waals surface area contributed by atoms with Crippen LogP contribution in [0.15, 0.2) is 60.7 Å². The Labute approximate surface area is 263 Å². The van der Waals surface area contributed by atoms with Gasteiger partial charge in [-0.25, -0.2) is 0 Å². The summed E-state index contributed by atoms with van der Waals surface area (Å²) >= 11 is 0. The van der Waals surface area contributed by atoms with Crippen molar-refractivity contribution in [2.45, 2.75) is 93.3 Å². The molecule has 0 radical (unpaired) electrons. The molecule has 0 aliphatic rings. The Hall–Kier alpha value is -3.50. The first-order valence-corrected chi connectivity index (χ1v) is 16.5. The molecule has 0 aliphatic heterocycles. The van der Waals surface area contributed by atoms with E-state index in [0.717, 1.165) is 68.5 Å². The monoisotopic (exact) mass is 613 g/mol. The number of aromatic hydroxyl groups is 2. The molecule has 44 heavy (non-hydrogen) atoms. The Balaban J connectivity index is 1.34. The SMILES string of the molecule is Cc1cc(CO[P+](=O)OCc2cc(C)c(Cc3ccc(O)c(C(C)C)c3)c(C)c2)cc(C)c1Cc1ccc(O)c(C(C)C)c1. The lowest BCUT2D eigenvalue weighted by Gasteiger charge is -2.15. The van der Waals surface area contributed by atoms with Gasteiger partial charge in [0, 0.05) is 4.57 Å². The second-order valence-electron chi connectivity index (χ2n) is 12.6. The molecule has 0 atom stereocenters. The number of aryl methyl sites for hydroxylation is 4. The van der Waals surface area contributed by atoms with Gasteiger partial charge in [0.25, 0.3) is 0 Å². The molecule has 0 spiro atoms. The summed E-state index contributed by atoms with van der Waals surface area (Å²) in [4.78, 5) is 0. The van der Waals surface area contributed by atoms with Crippen molar-refractivity contribution in [2.24, 2.45) is 0 Å². The maximum atomic E-state index is 12.6. The molecule has 0 unspecified atom stereocenters. The Bertz CT molecular complexity index is 1490. The number of hydrogen-bond donors (Lipinski definition) is 2. The summed E-state index contributed by atoms with van der Waals surface area (Å²) in [6.07, 6.45) is 1.56. The van der Waals surface area contributed by atoms with Crippen LogP contribution in [0.25, 0.3) is 0 Å². The third-order valence-corrected chi connectivity index (χ3v) is 9.05. The Kier molecular flexibility index (Phi) is 11.0. The summed E-state index contributed by atoms with van der Waals surface area (Å²) in [6.45, 7) is 17.1. The summed E-state index contributed by atoms with van der Waals surface area (Å²) in [5.41, 5.74) is 13.2. The molecule has 0 fully saturated rings. The Morgan fingerprint density at radius 2 is 0.909 bits per heavy atom. The van der Waals surface area contributed by atoms with E-state index in [2.05, 4.69) is 91.8 Å². The van der Waals surface area contributed by atoms with Crippen LogP contribution in [0.4, 0.5) is 0 Å². The third kappa shape index (κ3) is 8.35. The Morgan fingerprint density at radius 3 is 1.23 bits per heavy atom. The lowest BCUT2D eigenvalue weighted by molar-refractivity contribution is 0.212. The zero-order chi connectivity index (χ0) is 32.1. The first-order valence-electron chi connectivity index (χ1n) is 15.4. The number of hydrogen-bond acceptors (Lipinski definition) is 5. The van der Waals surface area contributed by atoms with Crippen LogP contribution in [0.5, 0.6) is 11.5 Å². The molecule has 0 saturated heterocycles. The van der Waals surface area contributed by atoms with Crippen LogP contribution in [-0.2, 0) is 39.7 Å². The maximum Gasteiger partial charge on any atom is 0.698 e. The van der Waals surface area contributed by atoms with Crippen molar-refractivity contribution in [3.63, 3.8) is 0 Å². The summed E-state index contributed by atoms with van der Waals surface area (Å²) in [5, 5.41) is 20.4. The number of rotatable bonds is 12.